The maximum absolute atomic E-state index is 13.2. The number of unbranched alkanes of at least 4 members (excludes halogenated alkanes) is 2. The summed E-state index contributed by atoms with van der Waals surface area (Å²) in [5, 5.41) is 0. The van der Waals surface area contributed by atoms with E-state index in [1.807, 2.05) is 0 Å². The van der Waals surface area contributed by atoms with E-state index < -0.39 is 7.14 Å². The van der Waals surface area contributed by atoms with Gasteiger partial charge in [-0.1, -0.05) is 79.1 Å². The van der Waals surface area contributed by atoms with Crippen molar-refractivity contribution in [3.8, 4) is 0 Å². The van der Waals surface area contributed by atoms with Gasteiger partial charge in [0.2, 0.25) is 0 Å². The smallest absolute Gasteiger partial charge is 0.0974 e. The average molecular weight is 321 g/mol. The van der Waals surface area contributed by atoms with Gasteiger partial charge in [0.1, 0.15) is 0 Å². The van der Waals surface area contributed by atoms with Gasteiger partial charge in [-0.15, -0.1) is 0 Å². The van der Waals surface area contributed by atoms with Crippen molar-refractivity contribution >= 4 is 19.8 Å². The maximum Gasteiger partial charge on any atom is 0.0974 e. The lowest BCUT2D eigenvalue weighted by molar-refractivity contribution is 0.464. The lowest BCUT2D eigenvalue weighted by atomic mass is 10.0. The summed E-state index contributed by atoms with van der Waals surface area (Å²) >= 11 is 4.45. The summed E-state index contributed by atoms with van der Waals surface area (Å²) in [5.41, 5.74) is 0.609. The van der Waals surface area contributed by atoms with E-state index >= 15 is 0 Å². The van der Waals surface area contributed by atoms with Crippen molar-refractivity contribution in [1.29, 1.82) is 0 Å². The first-order valence-electron chi connectivity index (χ1n) is 8.73. The molecule has 0 radical (unpaired) electrons. The van der Waals surface area contributed by atoms with Crippen molar-refractivity contribution in [2.45, 2.75) is 79.1 Å². The highest BCUT2D eigenvalue weighted by atomic mass is 32.1. The Labute approximate surface area is 133 Å². The van der Waals surface area contributed by atoms with Crippen LogP contribution in [0.4, 0.5) is 0 Å². The minimum atomic E-state index is -2.06. The van der Waals surface area contributed by atoms with Gasteiger partial charge in [-0.2, -0.15) is 12.6 Å². The van der Waals surface area contributed by atoms with Crippen LogP contribution >= 0.6 is 19.8 Å². The van der Waals surface area contributed by atoms with Gasteiger partial charge in [0.25, 0.3) is 0 Å². The standard InChI is InChI=1S/C17H37OPS/c1-5-9-11-16(7-3)13-19(18,15-20)14-17(8-4)12-10-6-2/h16-17,20H,5-15H2,1-4H3. The molecule has 0 saturated carbocycles. The molecule has 0 saturated heterocycles. The van der Waals surface area contributed by atoms with Crippen LogP contribution in [0.2, 0.25) is 0 Å². The van der Waals surface area contributed by atoms with Gasteiger partial charge in [-0.25, -0.2) is 0 Å². The Hall–Kier alpha value is 0.580. The van der Waals surface area contributed by atoms with Crippen molar-refractivity contribution in [3.05, 3.63) is 0 Å². The van der Waals surface area contributed by atoms with Crippen molar-refractivity contribution in [2.24, 2.45) is 11.8 Å². The monoisotopic (exact) mass is 320 g/mol. The Morgan fingerprint density at radius 2 is 1.25 bits per heavy atom. The molecule has 0 rings (SSSR count). The topological polar surface area (TPSA) is 17.1 Å². The van der Waals surface area contributed by atoms with Gasteiger partial charge in [0.05, 0.1) is 7.14 Å². The highest BCUT2D eigenvalue weighted by Crippen LogP contribution is 2.51. The largest absolute Gasteiger partial charge is 0.323 e. The fourth-order valence-corrected chi connectivity index (χ4v) is 6.80. The SMILES string of the molecule is CCCCC(CC)CP(=O)(CS)CC(CC)CCCC. The van der Waals surface area contributed by atoms with Crippen molar-refractivity contribution in [1.82, 2.24) is 0 Å². The summed E-state index contributed by atoms with van der Waals surface area (Å²) in [7, 11) is -2.06. The summed E-state index contributed by atoms with van der Waals surface area (Å²) < 4.78 is 13.2. The number of rotatable bonds is 13. The van der Waals surface area contributed by atoms with Crippen molar-refractivity contribution in [3.63, 3.8) is 0 Å². The molecule has 1 nitrogen and oxygen atoms in total. The first-order valence-corrected chi connectivity index (χ1v) is 11.6. The second-order valence-corrected chi connectivity index (χ2v) is 10.4. The first-order chi connectivity index (χ1) is 9.55. The normalized spacial score (nSPS) is 17.6. The molecule has 0 aliphatic heterocycles. The zero-order chi connectivity index (χ0) is 15.4. The number of hydrogen-bond acceptors (Lipinski definition) is 2. The van der Waals surface area contributed by atoms with E-state index in [2.05, 4.69) is 40.3 Å². The molecule has 0 amide bonds. The van der Waals surface area contributed by atoms with Crippen LogP contribution in [-0.2, 0) is 4.57 Å². The Morgan fingerprint density at radius 1 is 0.850 bits per heavy atom. The maximum atomic E-state index is 13.2. The molecule has 2 atom stereocenters. The van der Waals surface area contributed by atoms with Crippen molar-refractivity contribution in [2.75, 3.05) is 17.8 Å². The first kappa shape index (κ1) is 20.6. The van der Waals surface area contributed by atoms with Crippen LogP contribution in [0.15, 0.2) is 0 Å². The summed E-state index contributed by atoms with van der Waals surface area (Å²) in [6, 6.07) is 0. The second kappa shape index (κ2) is 12.2. The molecular formula is C17H37OPS. The summed E-state index contributed by atoms with van der Waals surface area (Å²) in [6.07, 6.45) is 11.8. The van der Waals surface area contributed by atoms with E-state index in [1.165, 1.54) is 51.4 Å². The van der Waals surface area contributed by atoms with Gasteiger partial charge < -0.3 is 4.57 Å². The Bertz CT molecular complexity index is 246. The zero-order valence-electron chi connectivity index (χ0n) is 14.2. The average Bonchev–Trinajstić information content (AvgIpc) is 2.47. The Balaban J connectivity index is 4.51. The van der Waals surface area contributed by atoms with Crippen molar-refractivity contribution < 1.29 is 4.57 Å². The predicted octanol–water partition coefficient (Wildman–Crippen LogP) is 6.67. The molecule has 0 N–H and O–H groups in total. The lowest BCUT2D eigenvalue weighted by Crippen LogP contribution is -2.14. The van der Waals surface area contributed by atoms with Crippen LogP contribution in [-0.4, -0.2) is 17.8 Å². The van der Waals surface area contributed by atoms with Crippen LogP contribution in [0.3, 0.4) is 0 Å². The summed E-state index contributed by atoms with van der Waals surface area (Å²) in [5.74, 6) is 1.30. The molecular weight excluding hydrogens is 283 g/mol. The molecule has 0 spiro atoms. The third-order valence-corrected chi connectivity index (χ3v) is 8.95. The van der Waals surface area contributed by atoms with E-state index in [-0.39, 0.29) is 0 Å². The summed E-state index contributed by atoms with van der Waals surface area (Å²) in [6.45, 7) is 8.97. The fourth-order valence-electron chi connectivity index (χ4n) is 2.97. The molecule has 0 aromatic rings. The van der Waals surface area contributed by atoms with Crippen LogP contribution in [0.5, 0.6) is 0 Å². The van der Waals surface area contributed by atoms with Gasteiger partial charge in [-0.05, 0) is 11.8 Å². The molecule has 0 fully saturated rings. The van der Waals surface area contributed by atoms with Gasteiger partial charge >= 0.3 is 0 Å². The van der Waals surface area contributed by atoms with E-state index in [4.69, 9.17) is 0 Å². The molecule has 2 unspecified atom stereocenters. The van der Waals surface area contributed by atoms with E-state index in [1.54, 1.807) is 0 Å². The molecule has 0 bridgehead atoms. The third kappa shape index (κ3) is 8.78. The Kier molecular flexibility index (Phi) is 12.5. The quantitative estimate of drug-likeness (QED) is 0.296. The number of thiol groups is 1. The van der Waals surface area contributed by atoms with E-state index in [9.17, 15) is 4.57 Å². The van der Waals surface area contributed by atoms with Gasteiger partial charge in [0.15, 0.2) is 0 Å². The molecule has 3 heteroatoms. The molecule has 0 aromatic carbocycles. The minimum absolute atomic E-state index is 0.609. The number of hydrogen-bond donors (Lipinski definition) is 1. The highest BCUT2D eigenvalue weighted by Gasteiger charge is 2.27. The van der Waals surface area contributed by atoms with E-state index in [0.717, 1.165) is 12.3 Å². The molecule has 0 heterocycles. The van der Waals surface area contributed by atoms with Crippen LogP contribution < -0.4 is 0 Å². The van der Waals surface area contributed by atoms with E-state index in [0.29, 0.717) is 17.3 Å². The lowest BCUT2D eigenvalue weighted by Gasteiger charge is -2.26. The van der Waals surface area contributed by atoms with Crippen LogP contribution in [0, 0.1) is 11.8 Å². The Morgan fingerprint density at radius 3 is 1.50 bits per heavy atom. The highest BCUT2D eigenvalue weighted by molar-refractivity contribution is 7.91. The molecule has 122 valence electrons. The van der Waals surface area contributed by atoms with Gasteiger partial charge in [0, 0.05) is 17.8 Å². The molecule has 0 aromatic heterocycles. The molecule has 20 heavy (non-hydrogen) atoms. The molecule has 0 aliphatic carbocycles. The fraction of sp³-hybridized carbons (Fsp3) is 1.00. The van der Waals surface area contributed by atoms with Crippen LogP contribution in [0.25, 0.3) is 0 Å². The second-order valence-electron chi connectivity index (χ2n) is 6.40. The minimum Gasteiger partial charge on any atom is -0.323 e. The van der Waals surface area contributed by atoms with Gasteiger partial charge in [-0.3, -0.25) is 0 Å². The van der Waals surface area contributed by atoms with Crippen LogP contribution in [0.1, 0.15) is 79.1 Å². The molecule has 0 aliphatic rings. The predicted molar refractivity (Wildman–Crippen MR) is 97.8 cm³/mol. The zero-order valence-corrected chi connectivity index (χ0v) is 16.0. The third-order valence-electron chi connectivity index (χ3n) is 4.53. The summed E-state index contributed by atoms with van der Waals surface area (Å²) in [4.78, 5) is 0.